The predicted octanol–water partition coefficient (Wildman–Crippen LogP) is 5.38. The Morgan fingerprint density at radius 1 is 1.39 bits per heavy atom. The lowest BCUT2D eigenvalue weighted by Gasteiger charge is -2.18. The third kappa shape index (κ3) is 4.10. The third-order valence-corrected chi connectivity index (χ3v) is 5.17. The van der Waals surface area contributed by atoms with Crippen molar-refractivity contribution >= 4 is 20.2 Å². The van der Waals surface area contributed by atoms with Gasteiger partial charge < -0.3 is 5.73 Å². The molecule has 0 radical (unpaired) electrons. The topological polar surface area (TPSA) is 26.0 Å². The van der Waals surface area contributed by atoms with Crippen LogP contribution in [0.1, 0.15) is 50.2 Å². The summed E-state index contributed by atoms with van der Waals surface area (Å²) in [7, 11) is 3.54. The molecule has 0 aromatic heterocycles. The van der Waals surface area contributed by atoms with Crippen molar-refractivity contribution in [3.8, 4) is 0 Å². The van der Waals surface area contributed by atoms with Crippen LogP contribution >= 0.6 is 8.86 Å². The maximum Gasteiger partial charge on any atom is 0.0178 e. The number of nitrogens with two attached hydrogens (primary N) is 1. The standard InChI is InChI=1S/C21H28NP/c1-4-7-20(21(14-23)16(3)13-22)18-10-6-9-17(12-18)19-11-5-8-15(19)2/h4,6-7,9-10,12,14-15,19,23H,3,5,8,11,13,22H2,1-2H3/b7-4-,21-20+/t15-,19+/m1/s1. The second-order valence-corrected chi connectivity index (χ2v) is 6.71. The second kappa shape index (κ2) is 8.43. The SMILES string of the molecule is C=C(CN)/C(C=P)=C(\C=C/C)c1cccc([C@H]2CCC[C@H]2C)c1. The van der Waals surface area contributed by atoms with Crippen LogP contribution in [0, 0.1) is 5.92 Å². The minimum absolute atomic E-state index is 0.455. The summed E-state index contributed by atoms with van der Waals surface area (Å²) in [6.07, 6.45) is 8.21. The second-order valence-electron chi connectivity index (χ2n) is 6.42. The lowest BCUT2D eigenvalue weighted by Crippen LogP contribution is -2.07. The summed E-state index contributed by atoms with van der Waals surface area (Å²) < 4.78 is 0. The number of hydrogen-bond acceptors (Lipinski definition) is 1. The molecule has 23 heavy (non-hydrogen) atoms. The highest BCUT2D eigenvalue weighted by molar-refractivity contribution is 7.19. The molecule has 0 aliphatic heterocycles. The van der Waals surface area contributed by atoms with E-state index in [1.165, 1.54) is 36.0 Å². The van der Waals surface area contributed by atoms with Crippen molar-refractivity contribution in [3.05, 3.63) is 65.3 Å². The maximum atomic E-state index is 5.81. The van der Waals surface area contributed by atoms with Gasteiger partial charge in [-0.05, 0) is 58.8 Å². The molecule has 2 rings (SSSR count). The zero-order valence-corrected chi connectivity index (χ0v) is 15.3. The van der Waals surface area contributed by atoms with Crippen LogP contribution in [0.3, 0.4) is 0 Å². The van der Waals surface area contributed by atoms with E-state index in [4.69, 9.17) is 5.73 Å². The van der Waals surface area contributed by atoms with Crippen LogP contribution in [0.15, 0.2) is 54.1 Å². The van der Waals surface area contributed by atoms with E-state index in [0.717, 1.165) is 17.1 Å². The molecule has 1 aliphatic carbocycles. The van der Waals surface area contributed by atoms with Crippen LogP contribution in [0.4, 0.5) is 0 Å². The molecule has 0 saturated heterocycles. The summed E-state index contributed by atoms with van der Waals surface area (Å²) in [6, 6.07) is 8.98. The minimum atomic E-state index is 0.455. The Labute approximate surface area is 143 Å². The van der Waals surface area contributed by atoms with Gasteiger partial charge in [-0.2, -0.15) is 0 Å². The van der Waals surface area contributed by atoms with Gasteiger partial charge in [-0.3, -0.25) is 0 Å². The number of benzene rings is 1. The Hall–Kier alpha value is -1.43. The Morgan fingerprint density at radius 3 is 2.74 bits per heavy atom. The molecule has 0 amide bonds. The molecule has 2 N–H and O–H groups in total. The minimum Gasteiger partial charge on any atom is -0.326 e. The summed E-state index contributed by atoms with van der Waals surface area (Å²) in [5.41, 5.74) is 11.7. The highest BCUT2D eigenvalue weighted by atomic mass is 31.0. The summed E-state index contributed by atoms with van der Waals surface area (Å²) in [5.74, 6) is 3.39. The van der Waals surface area contributed by atoms with Gasteiger partial charge in [0.1, 0.15) is 0 Å². The molecule has 2 atom stereocenters. The van der Waals surface area contributed by atoms with E-state index in [1.54, 1.807) is 0 Å². The summed E-state index contributed by atoms with van der Waals surface area (Å²) in [5, 5.41) is 0. The molecular formula is C21H28NP. The van der Waals surface area contributed by atoms with E-state index >= 15 is 0 Å². The quantitative estimate of drug-likeness (QED) is 0.551. The molecule has 2 heteroatoms. The first-order chi connectivity index (χ1) is 11.1. The molecular weight excluding hydrogens is 297 g/mol. The smallest absolute Gasteiger partial charge is 0.0178 e. The Balaban J connectivity index is 2.50. The van der Waals surface area contributed by atoms with Gasteiger partial charge in [0.05, 0.1) is 0 Å². The van der Waals surface area contributed by atoms with Gasteiger partial charge >= 0.3 is 0 Å². The molecule has 0 spiro atoms. The molecule has 1 aromatic carbocycles. The zero-order valence-electron chi connectivity index (χ0n) is 14.3. The average Bonchev–Trinajstić information content (AvgIpc) is 3.00. The zero-order chi connectivity index (χ0) is 16.8. The van der Waals surface area contributed by atoms with Crippen molar-refractivity contribution in [2.75, 3.05) is 6.54 Å². The van der Waals surface area contributed by atoms with Crippen LogP contribution in [0.5, 0.6) is 0 Å². The largest absolute Gasteiger partial charge is 0.326 e. The Kier molecular flexibility index (Phi) is 6.57. The Morgan fingerprint density at radius 2 is 2.17 bits per heavy atom. The number of rotatable bonds is 6. The first-order valence-corrected chi connectivity index (χ1v) is 9.06. The Bertz CT molecular complexity index is 639. The van der Waals surface area contributed by atoms with E-state index in [9.17, 15) is 0 Å². The first-order valence-electron chi connectivity index (χ1n) is 8.48. The maximum absolute atomic E-state index is 5.81. The van der Waals surface area contributed by atoms with Gasteiger partial charge in [0.2, 0.25) is 0 Å². The van der Waals surface area contributed by atoms with Crippen molar-refractivity contribution in [2.45, 2.75) is 39.0 Å². The molecule has 1 aromatic rings. The van der Waals surface area contributed by atoms with Gasteiger partial charge in [-0.15, -0.1) is 8.86 Å². The average molecular weight is 325 g/mol. The van der Waals surface area contributed by atoms with Gasteiger partial charge in [0.25, 0.3) is 0 Å². The lowest BCUT2D eigenvalue weighted by molar-refractivity contribution is 0.533. The molecule has 1 fully saturated rings. The monoisotopic (exact) mass is 325 g/mol. The highest BCUT2D eigenvalue weighted by Crippen LogP contribution is 2.40. The first kappa shape index (κ1) is 17.9. The van der Waals surface area contributed by atoms with Gasteiger partial charge in [0, 0.05) is 6.54 Å². The molecule has 0 bridgehead atoms. The summed E-state index contributed by atoms with van der Waals surface area (Å²) >= 11 is 0. The van der Waals surface area contributed by atoms with Gasteiger partial charge in [0.15, 0.2) is 0 Å². The summed E-state index contributed by atoms with van der Waals surface area (Å²) in [4.78, 5) is 0. The number of allylic oxidation sites excluding steroid dienone is 3. The van der Waals surface area contributed by atoms with Gasteiger partial charge in [-0.1, -0.05) is 62.8 Å². The van der Waals surface area contributed by atoms with Crippen molar-refractivity contribution in [1.29, 1.82) is 0 Å². The molecule has 1 aliphatic rings. The van der Waals surface area contributed by atoms with Crippen molar-refractivity contribution in [2.24, 2.45) is 11.7 Å². The normalized spacial score (nSPS) is 22.2. The molecule has 0 unspecified atom stereocenters. The number of hydrogen-bond donors (Lipinski definition) is 1. The van der Waals surface area contributed by atoms with Crippen molar-refractivity contribution in [1.82, 2.24) is 0 Å². The predicted molar refractivity (Wildman–Crippen MR) is 107 cm³/mol. The van der Waals surface area contributed by atoms with Crippen LogP contribution < -0.4 is 5.73 Å². The van der Waals surface area contributed by atoms with E-state index in [1.807, 2.05) is 12.7 Å². The van der Waals surface area contributed by atoms with Crippen molar-refractivity contribution in [3.63, 3.8) is 0 Å². The summed E-state index contributed by atoms with van der Waals surface area (Å²) in [6.45, 7) is 8.98. The van der Waals surface area contributed by atoms with Crippen LogP contribution in [0.2, 0.25) is 0 Å². The third-order valence-electron chi connectivity index (χ3n) is 4.88. The molecule has 1 saturated carbocycles. The van der Waals surface area contributed by atoms with E-state index in [-0.39, 0.29) is 0 Å². The fraction of sp³-hybridized carbons (Fsp3) is 0.381. The van der Waals surface area contributed by atoms with Crippen molar-refractivity contribution < 1.29 is 0 Å². The van der Waals surface area contributed by atoms with E-state index in [0.29, 0.717) is 12.5 Å². The molecule has 1 nitrogen and oxygen atoms in total. The molecule has 0 heterocycles. The van der Waals surface area contributed by atoms with Gasteiger partial charge in [-0.25, -0.2) is 0 Å². The van der Waals surface area contributed by atoms with E-state index in [2.05, 4.69) is 58.8 Å². The van der Waals surface area contributed by atoms with Crippen LogP contribution in [0.25, 0.3) is 5.57 Å². The molecule has 122 valence electrons. The van der Waals surface area contributed by atoms with Crippen LogP contribution in [-0.4, -0.2) is 12.3 Å². The fourth-order valence-electron chi connectivity index (χ4n) is 3.57. The van der Waals surface area contributed by atoms with E-state index < -0.39 is 0 Å². The van der Waals surface area contributed by atoms with Crippen LogP contribution in [-0.2, 0) is 0 Å². The fourth-order valence-corrected chi connectivity index (χ4v) is 3.93. The highest BCUT2D eigenvalue weighted by Gasteiger charge is 2.25. The lowest BCUT2D eigenvalue weighted by atomic mass is 9.87.